The Labute approximate surface area is 143 Å². The predicted octanol–water partition coefficient (Wildman–Crippen LogP) is 4.51. The molecule has 3 rings (SSSR count). The summed E-state index contributed by atoms with van der Waals surface area (Å²) in [6, 6.07) is 11.7. The Hall–Kier alpha value is -2.49. The molecular formula is C20H24N2O2. The van der Waals surface area contributed by atoms with Crippen LogP contribution in [0.5, 0.6) is 0 Å². The second-order valence-electron chi connectivity index (χ2n) is 6.45. The van der Waals surface area contributed by atoms with Gasteiger partial charge in [-0.05, 0) is 55.7 Å². The van der Waals surface area contributed by atoms with E-state index in [2.05, 4.69) is 24.1 Å². The number of anilines is 2. The molecule has 24 heavy (non-hydrogen) atoms. The van der Waals surface area contributed by atoms with Crippen LogP contribution in [-0.4, -0.2) is 19.5 Å². The quantitative estimate of drug-likeness (QED) is 0.795. The first-order chi connectivity index (χ1) is 11.6. The number of furan rings is 1. The lowest BCUT2D eigenvalue weighted by molar-refractivity contribution is -0.111. The van der Waals surface area contributed by atoms with Crippen molar-refractivity contribution in [1.29, 1.82) is 0 Å². The summed E-state index contributed by atoms with van der Waals surface area (Å²) in [6.45, 7) is 5.23. The van der Waals surface area contributed by atoms with Crippen molar-refractivity contribution >= 4 is 23.4 Å². The fraction of sp³-hybridized carbons (Fsp3) is 0.350. The topological polar surface area (TPSA) is 45.5 Å². The van der Waals surface area contributed by atoms with Crippen LogP contribution in [0.25, 0.3) is 6.08 Å². The Kier molecular flexibility index (Phi) is 4.74. The van der Waals surface area contributed by atoms with E-state index in [1.54, 1.807) is 6.08 Å². The fourth-order valence-corrected chi connectivity index (χ4v) is 2.72. The van der Waals surface area contributed by atoms with E-state index in [0.717, 1.165) is 29.4 Å². The summed E-state index contributed by atoms with van der Waals surface area (Å²) in [5.41, 5.74) is 1.86. The van der Waals surface area contributed by atoms with Crippen LogP contribution in [0.15, 0.2) is 46.9 Å². The van der Waals surface area contributed by atoms with Gasteiger partial charge in [0.2, 0.25) is 5.91 Å². The van der Waals surface area contributed by atoms with Crippen molar-refractivity contribution in [3.63, 3.8) is 0 Å². The molecule has 1 aromatic carbocycles. The number of hydrogen-bond donors (Lipinski definition) is 1. The van der Waals surface area contributed by atoms with Gasteiger partial charge in [0.15, 0.2) is 0 Å². The second-order valence-corrected chi connectivity index (χ2v) is 6.45. The molecule has 1 aromatic heterocycles. The minimum absolute atomic E-state index is 0.163. The Morgan fingerprint density at radius 3 is 2.88 bits per heavy atom. The molecule has 0 aliphatic heterocycles. The molecule has 2 unspecified atom stereocenters. The zero-order chi connectivity index (χ0) is 17.1. The van der Waals surface area contributed by atoms with E-state index in [0.29, 0.717) is 11.8 Å². The van der Waals surface area contributed by atoms with E-state index in [4.69, 9.17) is 4.42 Å². The monoisotopic (exact) mass is 324 g/mol. The van der Waals surface area contributed by atoms with Gasteiger partial charge in [0.05, 0.1) is 0 Å². The summed E-state index contributed by atoms with van der Waals surface area (Å²) < 4.78 is 5.77. The third-order valence-electron chi connectivity index (χ3n) is 4.55. The zero-order valence-electron chi connectivity index (χ0n) is 14.5. The number of nitrogens with one attached hydrogen (secondary N) is 1. The van der Waals surface area contributed by atoms with E-state index in [1.807, 2.05) is 43.4 Å². The first-order valence-corrected chi connectivity index (χ1v) is 8.47. The maximum atomic E-state index is 12.1. The highest BCUT2D eigenvalue weighted by molar-refractivity contribution is 6.02. The van der Waals surface area contributed by atoms with Crippen LogP contribution in [-0.2, 0) is 4.79 Å². The first-order valence-electron chi connectivity index (χ1n) is 8.47. The van der Waals surface area contributed by atoms with Crippen molar-refractivity contribution in [2.75, 3.05) is 23.8 Å². The van der Waals surface area contributed by atoms with E-state index in [9.17, 15) is 4.79 Å². The van der Waals surface area contributed by atoms with Crippen molar-refractivity contribution in [1.82, 2.24) is 0 Å². The number of amides is 1. The summed E-state index contributed by atoms with van der Waals surface area (Å²) >= 11 is 0. The lowest BCUT2D eigenvalue weighted by Gasteiger charge is -2.17. The van der Waals surface area contributed by atoms with E-state index < -0.39 is 0 Å². The van der Waals surface area contributed by atoms with Gasteiger partial charge in [0, 0.05) is 37.0 Å². The van der Waals surface area contributed by atoms with Crippen molar-refractivity contribution in [2.24, 2.45) is 5.92 Å². The van der Waals surface area contributed by atoms with Gasteiger partial charge in [-0.1, -0.05) is 13.0 Å². The summed E-state index contributed by atoms with van der Waals surface area (Å²) in [7, 11) is 2.02. The Balaban J connectivity index is 1.60. The van der Waals surface area contributed by atoms with Crippen LogP contribution in [0.3, 0.4) is 0 Å². The second kappa shape index (κ2) is 6.95. The number of carbonyl (C=O) groups excluding carboxylic acids is 1. The molecule has 1 heterocycles. The van der Waals surface area contributed by atoms with Crippen LogP contribution in [0.2, 0.25) is 0 Å². The van der Waals surface area contributed by atoms with Crippen molar-refractivity contribution in [3.8, 4) is 0 Å². The van der Waals surface area contributed by atoms with Gasteiger partial charge < -0.3 is 14.6 Å². The lowest BCUT2D eigenvalue weighted by Crippen LogP contribution is -2.16. The third-order valence-corrected chi connectivity index (χ3v) is 4.55. The minimum Gasteiger partial charge on any atom is -0.461 e. The van der Waals surface area contributed by atoms with Gasteiger partial charge in [-0.3, -0.25) is 4.79 Å². The molecule has 1 saturated carbocycles. The molecule has 0 radical (unpaired) electrons. The largest absolute Gasteiger partial charge is 0.461 e. The number of benzene rings is 1. The van der Waals surface area contributed by atoms with Crippen LogP contribution in [0.4, 0.5) is 11.4 Å². The molecule has 1 aliphatic carbocycles. The summed E-state index contributed by atoms with van der Waals surface area (Å²) in [6.07, 6.45) is 4.42. The van der Waals surface area contributed by atoms with Crippen molar-refractivity contribution in [3.05, 3.63) is 54.0 Å². The van der Waals surface area contributed by atoms with Gasteiger partial charge in [0.25, 0.3) is 0 Å². The van der Waals surface area contributed by atoms with Crippen molar-refractivity contribution in [2.45, 2.75) is 26.2 Å². The number of rotatable bonds is 6. The van der Waals surface area contributed by atoms with Crippen LogP contribution in [0, 0.1) is 5.92 Å². The third kappa shape index (κ3) is 3.88. The van der Waals surface area contributed by atoms with Gasteiger partial charge in [-0.2, -0.15) is 0 Å². The molecule has 126 valence electrons. The molecule has 1 N–H and O–H groups in total. The fourth-order valence-electron chi connectivity index (χ4n) is 2.72. The normalized spacial score (nSPS) is 19.5. The summed E-state index contributed by atoms with van der Waals surface area (Å²) in [5, 5.41) is 2.89. The number of hydrogen-bond acceptors (Lipinski definition) is 3. The highest BCUT2D eigenvalue weighted by Crippen LogP contribution is 2.47. The maximum Gasteiger partial charge on any atom is 0.248 e. The number of nitrogens with zero attached hydrogens (tertiary/aromatic N) is 1. The standard InChI is InChI=1S/C20H24N2O2/c1-4-22(3)16-7-5-6-15(13-16)21-20(23)11-9-17-8-10-19(24-17)18-12-14(18)2/h5-11,13-14,18H,4,12H2,1-3H3,(H,21,23)/b11-9+. The van der Waals surface area contributed by atoms with E-state index >= 15 is 0 Å². The van der Waals surface area contributed by atoms with Crippen LogP contribution >= 0.6 is 0 Å². The highest BCUT2D eigenvalue weighted by Gasteiger charge is 2.36. The number of carbonyl (C=O) groups is 1. The lowest BCUT2D eigenvalue weighted by atomic mass is 10.2. The predicted molar refractivity (Wildman–Crippen MR) is 98.3 cm³/mol. The van der Waals surface area contributed by atoms with Crippen LogP contribution in [0.1, 0.15) is 37.7 Å². The molecule has 0 bridgehead atoms. The average Bonchev–Trinajstić information content (AvgIpc) is 3.13. The van der Waals surface area contributed by atoms with Gasteiger partial charge >= 0.3 is 0 Å². The van der Waals surface area contributed by atoms with Gasteiger partial charge in [-0.15, -0.1) is 0 Å². The molecule has 1 fully saturated rings. The molecule has 2 aromatic rings. The Morgan fingerprint density at radius 2 is 2.17 bits per heavy atom. The van der Waals surface area contributed by atoms with Gasteiger partial charge in [0.1, 0.15) is 11.5 Å². The summed E-state index contributed by atoms with van der Waals surface area (Å²) in [5.74, 6) is 2.85. The Bertz CT molecular complexity index is 748. The molecule has 1 amide bonds. The molecular weight excluding hydrogens is 300 g/mol. The molecule has 2 atom stereocenters. The highest BCUT2D eigenvalue weighted by atomic mass is 16.3. The van der Waals surface area contributed by atoms with E-state index in [-0.39, 0.29) is 5.91 Å². The molecule has 0 spiro atoms. The van der Waals surface area contributed by atoms with E-state index in [1.165, 1.54) is 12.5 Å². The smallest absolute Gasteiger partial charge is 0.248 e. The first kappa shape index (κ1) is 16.4. The molecule has 4 nitrogen and oxygen atoms in total. The minimum atomic E-state index is -0.163. The molecule has 4 heteroatoms. The molecule has 1 aliphatic rings. The SMILES string of the molecule is CCN(C)c1cccc(NC(=O)/C=C/c2ccc(C3CC3C)o2)c1. The Morgan fingerprint density at radius 1 is 1.38 bits per heavy atom. The van der Waals surface area contributed by atoms with Gasteiger partial charge in [-0.25, -0.2) is 0 Å². The zero-order valence-corrected chi connectivity index (χ0v) is 14.5. The average molecular weight is 324 g/mol. The maximum absolute atomic E-state index is 12.1. The van der Waals surface area contributed by atoms with Crippen LogP contribution < -0.4 is 10.2 Å². The van der Waals surface area contributed by atoms with Crippen molar-refractivity contribution < 1.29 is 9.21 Å². The molecule has 0 saturated heterocycles. The summed E-state index contributed by atoms with van der Waals surface area (Å²) in [4.78, 5) is 14.2.